The Labute approximate surface area is 133 Å². The summed E-state index contributed by atoms with van der Waals surface area (Å²) in [5.74, 6) is 1.10. The number of carbonyl (C=O) groups is 1. The van der Waals surface area contributed by atoms with Gasteiger partial charge in [-0.2, -0.15) is 5.26 Å². The monoisotopic (exact) mass is 306 g/mol. The number of hydrogen-bond acceptors (Lipinski definition) is 4. The summed E-state index contributed by atoms with van der Waals surface area (Å²) in [7, 11) is 3.15. The Bertz CT molecular complexity index is 863. The number of hydrogen-bond donors (Lipinski definition) is 1. The van der Waals surface area contributed by atoms with Crippen molar-refractivity contribution in [1.29, 1.82) is 5.26 Å². The van der Waals surface area contributed by atoms with E-state index < -0.39 is 0 Å². The van der Waals surface area contributed by atoms with Crippen molar-refractivity contribution < 1.29 is 14.3 Å². The summed E-state index contributed by atoms with van der Waals surface area (Å²) in [6.07, 6.45) is 1.74. The molecular formula is C18H14N2O3. The van der Waals surface area contributed by atoms with Crippen LogP contribution in [0.1, 0.15) is 16.7 Å². The van der Waals surface area contributed by atoms with Crippen LogP contribution in [-0.2, 0) is 4.79 Å². The molecule has 114 valence electrons. The number of fused-ring (bicyclic) bond motifs is 1. The SMILES string of the molecule is COc1ccc(OC)c(C=C2C(=O)Nc3ccc(C#N)cc32)c1. The molecule has 0 bridgehead atoms. The van der Waals surface area contributed by atoms with Gasteiger partial charge in [-0.1, -0.05) is 0 Å². The molecule has 0 spiro atoms. The molecule has 1 heterocycles. The molecule has 5 nitrogen and oxygen atoms in total. The summed E-state index contributed by atoms with van der Waals surface area (Å²) in [6.45, 7) is 0. The lowest BCUT2D eigenvalue weighted by Gasteiger charge is -2.08. The van der Waals surface area contributed by atoms with Gasteiger partial charge in [-0.05, 0) is 42.5 Å². The highest BCUT2D eigenvalue weighted by molar-refractivity contribution is 6.35. The maximum atomic E-state index is 12.3. The Kier molecular flexibility index (Phi) is 3.73. The van der Waals surface area contributed by atoms with E-state index in [4.69, 9.17) is 14.7 Å². The maximum Gasteiger partial charge on any atom is 0.256 e. The molecule has 1 aliphatic rings. The fourth-order valence-electron chi connectivity index (χ4n) is 2.51. The minimum atomic E-state index is -0.208. The van der Waals surface area contributed by atoms with Gasteiger partial charge in [0.2, 0.25) is 0 Å². The zero-order valence-electron chi connectivity index (χ0n) is 12.7. The Hall–Kier alpha value is -3.26. The van der Waals surface area contributed by atoms with Crippen molar-refractivity contribution in [3.05, 3.63) is 53.1 Å². The number of amides is 1. The number of carbonyl (C=O) groups excluding carboxylic acids is 1. The van der Waals surface area contributed by atoms with Crippen LogP contribution in [0.2, 0.25) is 0 Å². The van der Waals surface area contributed by atoms with Gasteiger partial charge >= 0.3 is 0 Å². The van der Waals surface area contributed by atoms with Crippen LogP contribution in [0.5, 0.6) is 11.5 Å². The van der Waals surface area contributed by atoms with Gasteiger partial charge in [-0.3, -0.25) is 4.79 Å². The lowest BCUT2D eigenvalue weighted by atomic mass is 10.0. The second kappa shape index (κ2) is 5.85. The zero-order chi connectivity index (χ0) is 16.4. The summed E-state index contributed by atoms with van der Waals surface area (Å²) in [5, 5.41) is 11.8. The molecule has 23 heavy (non-hydrogen) atoms. The van der Waals surface area contributed by atoms with E-state index in [1.807, 2.05) is 0 Å². The molecule has 0 radical (unpaired) electrons. The van der Waals surface area contributed by atoms with Gasteiger partial charge in [0.1, 0.15) is 11.5 Å². The van der Waals surface area contributed by atoms with Crippen LogP contribution in [0.15, 0.2) is 36.4 Å². The third-order valence-electron chi connectivity index (χ3n) is 3.67. The molecule has 1 N–H and O–H groups in total. The van der Waals surface area contributed by atoms with Gasteiger partial charge in [-0.25, -0.2) is 0 Å². The zero-order valence-corrected chi connectivity index (χ0v) is 12.7. The number of benzene rings is 2. The number of anilines is 1. The number of nitrogens with zero attached hydrogens (tertiary/aromatic N) is 1. The largest absolute Gasteiger partial charge is 0.497 e. The number of nitriles is 1. The summed E-state index contributed by atoms with van der Waals surface area (Å²) in [5.41, 5.74) is 3.13. The average Bonchev–Trinajstić information content (AvgIpc) is 2.89. The van der Waals surface area contributed by atoms with Crippen molar-refractivity contribution in [3.63, 3.8) is 0 Å². The minimum absolute atomic E-state index is 0.208. The summed E-state index contributed by atoms with van der Waals surface area (Å²) in [6, 6.07) is 12.6. The Morgan fingerprint density at radius 1 is 1.13 bits per heavy atom. The predicted octanol–water partition coefficient (Wildman–Crippen LogP) is 3.07. The van der Waals surface area contributed by atoms with Crippen molar-refractivity contribution in [2.75, 3.05) is 19.5 Å². The quantitative estimate of drug-likeness (QED) is 0.885. The van der Waals surface area contributed by atoms with Gasteiger partial charge in [0, 0.05) is 22.4 Å². The van der Waals surface area contributed by atoms with Crippen molar-refractivity contribution in [2.24, 2.45) is 0 Å². The minimum Gasteiger partial charge on any atom is -0.497 e. The maximum absolute atomic E-state index is 12.3. The smallest absolute Gasteiger partial charge is 0.256 e. The van der Waals surface area contributed by atoms with E-state index in [0.29, 0.717) is 33.9 Å². The molecular weight excluding hydrogens is 292 g/mol. The highest BCUT2D eigenvalue weighted by Gasteiger charge is 2.24. The first kappa shape index (κ1) is 14.7. The van der Waals surface area contributed by atoms with Gasteiger partial charge in [0.15, 0.2) is 0 Å². The van der Waals surface area contributed by atoms with E-state index in [9.17, 15) is 4.79 Å². The fraction of sp³-hybridized carbons (Fsp3) is 0.111. The Balaban J connectivity index is 2.14. The topological polar surface area (TPSA) is 71.3 Å². The number of methoxy groups -OCH3 is 2. The predicted molar refractivity (Wildman–Crippen MR) is 87.2 cm³/mol. The van der Waals surface area contributed by atoms with Crippen molar-refractivity contribution in [2.45, 2.75) is 0 Å². The van der Waals surface area contributed by atoms with E-state index >= 15 is 0 Å². The molecule has 0 unspecified atom stereocenters. The number of rotatable bonds is 3. The number of nitrogens with one attached hydrogen (secondary N) is 1. The van der Waals surface area contributed by atoms with Crippen molar-refractivity contribution in [3.8, 4) is 17.6 Å². The lowest BCUT2D eigenvalue weighted by molar-refractivity contribution is -0.110. The van der Waals surface area contributed by atoms with Gasteiger partial charge in [0.05, 0.1) is 25.9 Å². The van der Waals surface area contributed by atoms with Crippen LogP contribution in [0.4, 0.5) is 5.69 Å². The third kappa shape index (κ3) is 2.62. The van der Waals surface area contributed by atoms with E-state index in [1.165, 1.54) is 0 Å². The first-order valence-corrected chi connectivity index (χ1v) is 6.96. The Morgan fingerprint density at radius 3 is 2.65 bits per heavy atom. The molecule has 0 atom stereocenters. The van der Waals surface area contributed by atoms with E-state index in [2.05, 4.69) is 11.4 Å². The molecule has 2 aromatic carbocycles. The number of ether oxygens (including phenoxy) is 2. The van der Waals surface area contributed by atoms with Gasteiger partial charge in [0.25, 0.3) is 5.91 Å². The van der Waals surface area contributed by atoms with Crippen LogP contribution in [0.25, 0.3) is 11.6 Å². The van der Waals surface area contributed by atoms with E-state index in [-0.39, 0.29) is 5.91 Å². The summed E-state index contributed by atoms with van der Waals surface area (Å²) in [4.78, 5) is 12.3. The molecule has 2 aromatic rings. The van der Waals surface area contributed by atoms with Crippen LogP contribution in [-0.4, -0.2) is 20.1 Å². The molecule has 0 aromatic heterocycles. The van der Waals surface area contributed by atoms with Crippen LogP contribution >= 0.6 is 0 Å². The highest BCUT2D eigenvalue weighted by atomic mass is 16.5. The van der Waals surface area contributed by atoms with Crippen molar-refractivity contribution in [1.82, 2.24) is 0 Å². The second-order valence-electron chi connectivity index (χ2n) is 4.99. The highest BCUT2D eigenvalue weighted by Crippen LogP contribution is 2.36. The normalized spacial score (nSPS) is 14.1. The average molecular weight is 306 g/mol. The second-order valence-corrected chi connectivity index (χ2v) is 4.99. The summed E-state index contributed by atoms with van der Waals surface area (Å²) < 4.78 is 10.6. The molecule has 1 aliphatic heterocycles. The van der Waals surface area contributed by atoms with Crippen LogP contribution in [0.3, 0.4) is 0 Å². The third-order valence-corrected chi connectivity index (χ3v) is 3.67. The lowest BCUT2D eigenvalue weighted by Crippen LogP contribution is -2.03. The fourth-order valence-corrected chi connectivity index (χ4v) is 2.51. The van der Waals surface area contributed by atoms with Gasteiger partial charge < -0.3 is 14.8 Å². The van der Waals surface area contributed by atoms with Crippen LogP contribution < -0.4 is 14.8 Å². The van der Waals surface area contributed by atoms with Gasteiger partial charge in [-0.15, -0.1) is 0 Å². The molecule has 0 saturated heterocycles. The van der Waals surface area contributed by atoms with E-state index in [1.54, 1.807) is 56.7 Å². The standard InChI is InChI=1S/C18H14N2O3/c1-22-13-4-6-17(23-2)12(8-13)9-15-14-7-11(10-19)3-5-16(14)20-18(15)21/h3-9H,1-2H3,(H,20,21). The summed E-state index contributed by atoms with van der Waals surface area (Å²) >= 11 is 0. The first-order valence-electron chi connectivity index (χ1n) is 6.96. The molecule has 1 amide bonds. The van der Waals surface area contributed by atoms with Crippen LogP contribution in [0, 0.1) is 11.3 Å². The van der Waals surface area contributed by atoms with Crippen molar-refractivity contribution >= 4 is 23.2 Å². The molecule has 0 saturated carbocycles. The molecule has 0 fully saturated rings. The van der Waals surface area contributed by atoms with E-state index in [0.717, 1.165) is 5.56 Å². The first-order chi connectivity index (χ1) is 11.2. The Morgan fingerprint density at radius 2 is 1.96 bits per heavy atom. The molecule has 0 aliphatic carbocycles. The molecule has 5 heteroatoms. The molecule has 3 rings (SSSR count).